The van der Waals surface area contributed by atoms with Gasteiger partial charge in [0.2, 0.25) is 11.8 Å². The van der Waals surface area contributed by atoms with Crippen LogP contribution in [-0.2, 0) is 29.0 Å². The molecule has 1 unspecified atom stereocenters. The van der Waals surface area contributed by atoms with Gasteiger partial charge in [-0.05, 0) is 24.3 Å². The van der Waals surface area contributed by atoms with Crippen LogP contribution in [0.5, 0.6) is 0 Å². The lowest BCUT2D eigenvalue weighted by Crippen LogP contribution is -2.38. The molecule has 2 aromatic heterocycles. The van der Waals surface area contributed by atoms with Gasteiger partial charge in [0, 0.05) is 42.9 Å². The van der Waals surface area contributed by atoms with Gasteiger partial charge in [-0.3, -0.25) is 14.4 Å². The Kier molecular flexibility index (Phi) is 4.82. The molecule has 8 heteroatoms. The van der Waals surface area contributed by atoms with E-state index in [0.29, 0.717) is 56.1 Å². The quantitative estimate of drug-likeness (QED) is 0.861. The number of carbonyl (C=O) groups excluding carboxylic acids is 2. The van der Waals surface area contributed by atoms with Crippen molar-refractivity contribution in [2.75, 3.05) is 19.6 Å². The highest BCUT2D eigenvalue weighted by Gasteiger charge is 2.31. The molecule has 2 aromatic rings. The van der Waals surface area contributed by atoms with E-state index >= 15 is 0 Å². The zero-order chi connectivity index (χ0) is 19.0. The summed E-state index contributed by atoms with van der Waals surface area (Å²) in [5.41, 5.74) is 1.26. The lowest BCUT2D eigenvalue weighted by Gasteiger charge is -2.27. The van der Waals surface area contributed by atoms with E-state index in [2.05, 4.69) is 9.97 Å². The second kappa shape index (κ2) is 7.26. The van der Waals surface area contributed by atoms with Gasteiger partial charge in [0.1, 0.15) is 5.82 Å². The van der Waals surface area contributed by atoms with Gasteiger partial charge < -0.3 is 14.8 Å². The first-order valence-corrected chi connectivity index (χ1v) is 10.1. The van der Waals surface area contributed by atoms with Crippen LogP contribution in [0.3, 0.4) is 0 Å². The SMILES string of the molecule is CC(=O)N1CCc2c(nc(C3CCN(C(=O)Cc4cccs4)C3)[nH]c2=O)C1. The van der Waals surface area contributed by atoms with Gasteiger partial charge in [-0.1, -0.05) is 6.07 Å². The summed E-state index contributed by atoms with van der Waals surface area (Å²) in [6, 6.07) is 3.92. The number of likely N-dealkylation sites (tertiary alicyclic amines) is 1. The maximum Gasteiger partial charge on any atom is 0.254 e. The number of carbonyl (C=O) groups is 2. The molecule has 2 amide bonds. The maximum absolute atomic E-state index is 12.5. The van der Waals surface area contributed by atoms with E-state index in [1.165, 1.54) is 6.92 Å². The van der Waals surface area contributed by atoms with Gasteiger partial charge in [-0.15, -0.1) is 11.3 Å². The van der Waals surface area contributed by atoms with Crippen LogP contribution >= 0.6 is 11.3 Å². The third-order valence-electron chi connectivity index (χ3n) is 5.37. The van der Waals surface area contributed by atoms with Crippen molar-refractivity contribution in [2.45, 2.75) is 38.6 Å². The van der Waals surface area contributed by atoms with Crippen molar-refractivity contribution in [1.82, 2.24) is 19.8 Å². The number of rotatable bonds is 3. The van der Waals surface area contributed by atoms with Gasteiger partial charge in [-0.2, -0.15) is 0 Å². The first-order valence-electron chi connectivity index (χ1n) is 9.19. The molecular weight excluding hydrogens is 364 g/mol. The van der Waals surface area contributed by atoms with Crippen molar-refractivity contribution in [2.24, 2.45) is 0 Å². The first-order chi connectivity index (χ1) is 13.0. The van der Waals surface area contributed by atoms with Gasteiger partial charge in [-0.25, -0.2) is 4.98 Å². The number of amides is 2. The first kappa shape index (κ1) is 17.9. The van der Waals surface area contributed by atoms with Crippen LogP contribution < -0.4 is 5.56 Å². The number of aromatic amines is 1. The zero-order valence-corrected chi connectivity index (χ0v) is 16.1. The molecule has 1 atom stereocenters. The molecular formula is C19H22N4O3S. The number of nitrogens with one attached hydrogen (secondary N) is 1. The average molecular weight is 386 g/mol. The molecule has 2 aliphatic heterocycles. The van der Waals surface area contributed by atoms with Gasteiger partial charge in [0.25, 0.3) is 5.56 Å². The number of hydrogen-bond acceptors (Lipinski definition) is 5. The number of nitrogens with zero attached hydrogens (tertiary/aromatic N) is 3. The molecule has 27 heavy (non-hydrogen) atoms. The third kappa shape index (κ3) is 3.66. The Bertz CT molecular complexity index is 922. The van der Waals surface area contributed by atoms with Crippen LogP contribution in [0.15, 0.2) is 22.3 Å². The van der Waals surface area contributed by atoms with E-state index in [1.54, 1.807) is 16.2 Å². The Labute approximate surface area is 161 Å². The number of thiophene rings is 1. The number of fused-ring (bicyclic) bond motifs is 1. The number of hydrogen-bond donors (Lipinski definition) is 1. The van der Waals surface area contributed by atoms with E-state index in [9.17, 15) is 14.4 Å². The molecule has 2 aliphatic rings. The van der Waals surface area contributed by atoms with Gasteiger partial charge in [0.15, 0.2) is 0 Å². The highest BCUT2D eigenvalue weighted by Crippen LogP contribution is 2.26. The standard InChI is InChI=1S/C19H22N4O3S/c1-12(24)22-7-5-15-16(11-22)20-18(21-19(15)26)13-4-6-23(10-13)17(25)9-14-3-2-8-27-14/h2-3,8,13H,4-7,9-11H2,1H3,(H,20,21,26). The van der Waals surface area contributed by atoms with Crippen LogP contribution in [0.1, 0.15) is 41.2 Å². The van der Waals surface area contributed by atoms with Gasteiger partial charge in [0.05, 0.1) is 18.7 Å². The van der Waals surface area contributed by atoms with Crippen molar-refractivity contribution < 1.29 is 9.59 Å². The fraction of sp³-hybridized carbons (Fsp3) is 0.474. The zero-order valence-electron chi connectivity index (χ0n) is 15.2. The van der Waals surface area contributed by atoms with Crippen molar-refractivity contribution in [3.63, 3.8) is 0 Å². The second-order valence-electron chi connectivity index (χ2n) is 7.15. The van der Waals surface area contributed by atoms with E-state index < -0.39 is 0 Å². The Hall–Kier alpha value is -2.48. The average Bonchev–Trinajstić information content (AvgIpc) is 3.33. The minimum Gasteiger partial charge on any atom is -0.342 e. The molecule has 0 bridgehead atoms. The molecule has 7 nitrogen and oxygen atoms in total. The fourth-order valence-corrected chi connectivity index (χ4v) is 4.50. The second-order valence-corrected chi connectivity index (χ2v) is 8.18. The molecule has 4 heterocycles. The lowest BCUT2D eigenvalue weighted by molar-refractivity contribution is -0.130. The Morgan fingerprint density at radius 1 is 1.33 bits per heavy atom. The summed E-state index contributed by atoms with van der Waals surface area (Å²) in [4.78, 5) is 48.8. The molecule has 1 N–H and O–H groups in total. The topological polar surface area (TPSA) is 86.4 Å². The summed E-state index contributed by atoms with van der Waals surface area (Å²) < 4.78 is 0. The predicted octanol–water partition coefficient (Wildman–Crippen LogP) is 1.29. The molecule has 0 saturated carbocycles. The summed E-state index contributed by atoms with van der Waals surface area (Å²) in [6.07, 6.45) is 1.74. The molecule has 4 rings (SSSR count). The smallest absolute Gasteiger partial charge is 0.254 e. The predicted molar refractivity (Wildman–Crippen MR) is 102 cm³/mol. The fourth-order valence-electron chi connectivity index (χ4n) is 3.80. The largest absolute Gasteiger partial charge is 0.342 e. The van der Waals surface area contributed by atoms with E-state index in [0.717, 1.165) is 11.3 Å². The van der Waals surface area contributed by atoms with Crippen LogP contribution in [-0.4, -0.2) is 51.2 Å². The van der Waals surface area contributed by atoms with Crippen LogP contribution in [0, 0.1) is 0 Å². The molecule has 0 radical (unpaired) electrons. The van der Waals surface area contributed by atoms with E-state index in [-0.39, 0.29) is 23.3 Å². The molecule has 0 spiro atoms. The van der Waals surface area contributed by atoms with Crippen molar-refractivity contribution >= 4 is 23.2 Å². The van der Waals surface area contributed by atoms with E-state index in [1.807, 2.05) is 22.4 Å². The maximum atomic E-state index is 12.5. The Balaban J connectivity index is 1.49. The normalized spacial score (nSPS) is 19.2. The van der Waals surface area contributed by atoms with Crippen molar-refractivity contribution in [1.29, 1.82) is 0 Å². The number of H-pyrrole nitrogens is 1. The van der Waals surface area contributed by atoms with Crippen molar-refractivity contribution in [3.8, 4) is 0 Å². The van der Waals surface area contributed by atoms with Crippen molar-refractivity contribution in [3.05, 3.63) is 49.8 Å². The van der Waals surface area contributed by atoms with Gasteiger partial charge >= 0.3 is 0 Å². The van der Waals surface area contributed by atoms with Crippen LogP contribution in [0.25, 0.3) is 0 Å². The molecule has 142 valence electrons. The molecule has 0 aliphatic carbocycles. The third-order valence-corrected chi connectivity index (χ3v) is 6.25. The van der Waals surface area contributed by atoms with Crippen LogP contribution in [0.4, 0.5) is 0 Å². The Morgan fingerprint density at radius 2 is 2.19 bits per heavy atom. The monoisotopic (exact) mass is 386 g/mol. The van der Waals surface area contributed by atoms with E-state index in [4.69, 9.17) is 0 Å². The summed E-state index contributed by atoms with van der Waals surface area (Å²) in [5, 5.41) is 1.97. The minimum absolute atomic E-state index is 0.00417. The highest BCUT2D eigenvalue weighted by molar-refractivity contribution is 7.10. The summed E-state index contributed by atoms with van der Waals surface area (Å²) >= 11 is 1.59. The molecule has 0 aromatic carbocycles. The minimum atomic E-state index is -0.110. The Morgan fingerprint density at radius 3 is 2.93 bits per heavy atom. The highest BCUT2D eigenvalue weighted by atomic mass is 32.1. The lowest BCUT2D eigenvalue weighted by atomic mass is 10.0. The summed E-state index contributed by atoms with van der Waals surface area (Å²) in [6.45, 7) is 3.72. The van der Waals surface area contributed by atoms with Crippen LogP contribution in [0.2, 0.25) is 0 Å². The summed E-state index contributed by atoms with van der Waals surface area (Å²) in [7, 11) is 0. The molecule has 1 saturated heterocycles. The summed E-state index contributed by atoms with van der Waals surface area (Å²) in [5.74, 6) is 0.775. The molecule has 1 fully saturated rings. The number of aromatic nitrogens is 2.